The van der Waals surface area contributed by atoms with Crippen LogP contribution in [0.2, 0.25) is 0 Å². The molecule has 0 spiro atoms. The lowest BCUT2D eigenvalue weighted by Gasteiger charge is -2.19. The molecular weight excluding hydrogens is 723 g/mol. The number of aliphatic hydroxyl groups is 2. The number of aliphatic hydroxyl groups excluding tert-OH is 2. The number of allylic oxidation sites excluding steroid dienone is 6. The molecule has 1 rings (SSSR count). The molecule has 316 valence electrons. The Bertz CT molecular complexity index is 1190. The molecule has 12 heteroatoms. The van der Waals surface area contributed by atoms with Crippen LogP contribution in [0.5, 0.6) is 0 Å². The number of unbranched alkanes of at least 4 members (excludes halogenated alkanes) is 12. The van der Waals surface area contributed by atoms with Gasteiger partial charge in [-0.3, -0.25) is 18.9 Å². The topological polar surface area (TPSA) is 177 Å². The first-order valence-corrected chi connectivity index (χ1v) is 22.6. The fraction of sp³-hybridized carbons (Fsp3) is 0.744. The second-order valence-corrected chi connectivity index (χ2v) is 16.0. The summed E-state index contributed by atoms with van der Waals surface area (Å²) >= 11 is 0. The molecule has 1 aliphatic rings. The van der Waals surface area contributed by atoms with Crippen molar-refractivity contribution in [3.63, 3.8) is 0 Å². The van der Waals surface area contributed by atoms with Crippen molar-refractivity contribution in [1.82, 2.24) is 0 Å². The van der Waals surface area contributed by atoms with Gasteiger partial charge in [0.1, 0.15) is 12.4 Å². The van der Waals surface area contributed by atoms with Crippen LogP contribution in [0.3, 0.4) is 0 Å². The van der Waals surface area contributed by atoms with Crippen LogP contribution in [-0.2, 0) is 32.9 Å². The molecule has 55 heavy (non-hydrogen) atoms. The molecule has 0 amide bonds. The lowest BCUT2D eigenvalue weighted by Crippen LogP contribution is -2.29. The first-order valence-electron chi connectivity index (χ1n) is 21.0. The molecule has 0 aromatic carbocycles. The van der Waals surface area contributed by atoms with E-state index in [4.69, 9.17) is 19.3 Å². The smallest absolute Gasteiger partial charge is 0.462 e. The normalized spacial score (nSPS) is 19.0. The van der Waals surface area contributed by atoms with Crippen LogP contribution < -0.4 is 0 Å². The monoisotopic (exact) mass is 796 g/mol. The molecule has 0 unspecified atom stereocenters. The Morgan fingerprint density at radius 3 is 2.04 bits per heavy atom. The molecule has 1 saturated carbocycles. The number of carbonyl (C=O) groups is 3. The highest BCUT2D eigenvalue weighted by Crippen LogP contribution is 2.36. The number of esters is 2. The molecule has 1 fully saturated rings. The number of ether oxygens (including phenoxy) is 2. The van der Waals surface area contributed by atoms with E-state index in [0.717, 1.165) is 51.4 Å². The van der Waals surface area contributed by atoms with Crippen LogP contribution in [0, 0.1) is 11.8 Å². The van der Waals surface area contributed by atoms with E-state index in [1.807, 2.05) is 6.08 Å². The number of Topliss-reactive ketones (excluding diaryl/α,β-unsaturated/α-hetero) is 1. The van der Waals surface area contributed by atoms with Crippen molar-refractivity contribution in [3.05, 3.63) is 48.6 Å². The van der Waals surface area contributed by atoms with E-state index in [1.54, 1.807) is 12.2 Å². The summed E-state index contributed by atoms with van der Waals surface area (Å²) in [6, 6.07) is 0. The van der Waals surface area contributed by atoms with Crippen molar-refractivity contribution in [3.8, 4) is 0 Å². The molecule has 5 atom stereocenters. The Morgan fingerprint density at radius 2 is 1.35 bits per heavy atom. The number of hydrogen-bond donors (Lipinski definition) is 4. The third-order valence-electron chi connectivity index (χ3n) is 9.72. The highest BCUT2D eigenvalue weighted by molar-refractivity contribution is 7.46. The van der Waals surface area contributed by atoms with Crippen molar-refractivity contribution in [1.29, 1.82) is 0 Å². The lowest BCUT2D eigenvalue weighted by molar-refractivity contribution is -0.161. The zero-order valence-electron chi connectivity index (χ0n) is 33.8. The molecular formula is C43H73O11P. The molecule has 0 aliphatic heterocycles. The Morgan fingerprint density at radius 1 is 0.764 bits per heavy atom. The highest BCUT2D eigenvalue weighted by atomic mass is 31.2. The molecule has 0 aromatic heterocycles. The van der Waals surface area contributed by atoms with Crippen LogP contribution in [0.15, 0.2) is 48.6 Å². The van der Waals surface area contributed by atoms with Crippen LogP contribution in [0.25, 0.3) is 0 Å². The van der Waals surface area contributed by atoms with E-state index in [0.29, 0.717) is 38.5 Å². The summed E-state index contributed by atoms with van der Waals surface area (Å²) in [5, 5.41) is 20.6. The van der Waals surface area contributed by atoms with E-state index in [1.165, 1.54) is 38.5 Å². The molecule has 4 N–H and O–H groups in total. The number of phosphoric acid groups is 1. The standard InChI is InChI=1S/C43H73O11P/c1-3-5-7-8-9-10-11-12-13-14-15-16-17-18-19-20-25-29-42(47)52-34-37(35-53-55(49,50)51)54-43(48)30-26-22-21-24-28-38-39(41(46)33-40(38)45)32-31-36(44)27-23-6-4-2/h12-13,15-16,18-19,31-32,36-39,41,44,46H,3-11,14,17,20-30,33-35H2,1-2H3,(H2,49,50,51)/b13-12-,16-15-,19-18-,32-31+/t36-,37+,38+,39+,41+/m0/s1. The number of phosphoric ester groups is 1. The van der Waals surface area contributed by atoms with Gasteiger partial charge in [-0.15, -0.1) is 0 Å². The molecule has 11 nitrogen and oxygen atoms in total. The summed E-state index contributed by atoms with van der Waals surface area (Å²) < 4.78 is 26.3. The van der Waals surface area contributed by atoms with Gasteiger partial charge in [0.25, 0.3) is 0 Å². The van der Waals surface area contributed by atoms with Crippen molar-refractivity contribution in [2.45, 2.75) is 180 Å². The van der Waals surface area contributed by atoms with Gasteiger partial charge in [0, 0.05) is 31.1 Å². The maximum absolute atomic E-state index is 12.5. The third kappa shape index (κ3) is 28.6. The van der Waals surface area contributed by atoms with Crippen molar-refractivity contribution in [2.24, 2.45) is 11.8 Å². The van der Waals surface area contributed by atoms with Gasteiger partial charge < -0.3 is 29.5 Å². The van der Waals surface area contributed by atoms with E-state index in [9.17, 15) is 29.2 Å². The summed E-state index contributed by atoms with van der Waals surface area (Å²) in [5.74, 6) is -1.68. The van der Waals surface area contributed by atoms with Gasteiger partial charge in [0.2, 0.25) is 0 Å². The molecule has 0 heterocycles. The molecule has 1 aliphatic carbocycles. The molecule has 0 radical (unpaired) electrons. The minimum atomic E-state index is -4.83. The third-order valence-corrected chi connectivity index (χ3v) is 10.2. The van der Waals surface area contributed by atoms with Gasteiger partial charge >= 0.3 is 19.8 Å². The van der Waals surface area contributed by atoms with Crippen LogP contribution in [0.1, 0.15) is 162 Å². The Hall–Kier alpha value is -2.40. The summed E-state index contributed by atoms with van der Waals surface area (Å²) in [6.45, 7) is 3.33. The van der Waals surface area contributed by atoms with Gasteiger partial charge in [-0.05, 0) is 57.8 Å². The summed E-state index contributed by atoms with van der Waals surface area (Å²) in [4.78, 5) is 55.6. The number of hydrogen-bond acceptors (Lipinski definition) is 9. The first-order chi connectivity index (χ1) is 26.5. The van der Waals surface area contributed by atoms with Gasteiger partial charge in [0.15, 0.2) is 6.10 Å². The Kier molecular flexibility index (Phi) is 30.1. The van der Waals surface area contributed by atoms with Gasteiger partial charge in [-0.2, -0.15) is 0 Å². The Labute approximate surface area is 331 Å². The predicted molar refractivity (Wildman–Crippen MR) is 217 cm³/mol. The SMILES string of the molecule is CCCCCCCC/C=C\C/C=C\C/C=C\CCCC(=O)OC[C@H](COP(=O)(O)O)OC(=O)CCCCCC[C@H]1C(=O)C[C@@H](O)[C@@H]1/C=C/[C@@H](O)CCCCC. The van der Waals surface area contributed by atoms with Gasteiger partial charge in [-0.25, -0.2) is 4.57 Å². The van der Waals surface area contributed by atoms with E-state index >= 15 is 0 Å². The lowest BCUT2D eigenvalue weighted by atomic mass is 9.88. The predicted octanol–water partition coefficient (Wildman–Crippen LogP) is 9.32. The molecule has 0 aromatic rings. The van der Waals surface area contributed by atoms with Crippen molar-refractivity contribution in [2.75, 3.05) is 13.2 Å². The zero-order valence-corrected chi connectivity index (χ0v) is 34.7. The minimum absolute atomic E-state index is 0.0309. The zero-order chi connectivity index (χ0) is 40.6. The second kappa shape index (κ2) is 32.7. The fourth-order valence-electron chi connectivity index (χ4n) is 6.52. The molecule has 0 bridgehead atoms. The Balaban J connectivity index is 2.30. The summed E-state index contributed by atoms with van der Waals surface area (Å²) in [6.07, 6.45) is 33.1. The van der Waals surface area contributed by atoms with Crippen molar-refractivity contribution < 1.29 is 52.9 Å². The van der Waals surface area contributed by atoms with Gasteiger partial charge in [-0.1, -0.05) is 133 Å². The minimum Gasteiger partial charge on any atom is -0.462 e. The molecule has 0 saturated heterocycles. The van der Waals surface area contributed by atoms with E-state index in [-0.39, 0.29) is 43.5 Å². The quantitative estimate of drug-likeness (QED) is 0.0211. The average molecular weight is 797 g/mol. The maximum atomic E-state index is 12.5. The van der Waals surface area contributed by atoms with Crippen LogP contribution >= 0.6 is 7.82 Å². The van der Waals surface area contributed by atoms with E-state index in [2.05, 4.69) is 48.8 Å². The van der Waals surface area contributed by atoms with Crippen molar-refractivity contribution >= 4 is 25.5 Å². The fourth-order valence-corrected chi connectivity index (χ4v) is 6.88. The summed E-state index contributed by atoms with van der Waals surface area (Å²) in [5.41, 5.74) is 0. The number of ketones is 1. The number of rotatable bonds is 34. The summed E-state index contributed by atoms with van der Waals surface area (Å²) in [7, 11) is -4.83. The van der Waals surface area contributed by atoms with Gasteiger partial charge in [0.05, 0.1) is 18.8 Å². The first kappa shape index (κ1) is 50.6. The number of carbonyl (C=O) groups excluding carboxylic acids is 3. The second-order valence-electron chi connectivity index (χ2n) is 14.7. The maximum Gasteiger partial charge on any atom is 0.469 e. The van der Waals surface area contributed by atoms with Crippen LogP contribution in [0.4, 0.5) is 0 Å². The largest absolute Gasteiger partial charge is 0.469 e. The van der Waals surface area contributed by atoms with Crippen LogP contribution in [-0.4, -0.2) is 69.2 Å². The highest BCUT2D eigenvalue weighted by Gasteiger charge is 2.39. The van der Waals surface area contributed by atoms with E-state index < -0.39 is 44.7 Å². The average Bonchev–Trinajstić information content (AvgIpc) is 3.41.